The largest absolute Gasteiger partial charge is 0.273 e. The van der Waals surface area contributed by atoms with Crippen molar-refractivity contribution in [1.29, 1.82) is 0 Å². The van der Waals surface area contributed by atoms with E-state index in [1.807, 2.05) is 30.7 Å². The summed E-state index contributed by atoms with van der Waals surface area (Å²) in [7, 11) is 0. The van der Waals surface area contributed by atoms with Crippen molar-refractivity contribution in [3.8, 4) is 0 Å². The molecular weight excluding hydrogens is 332 g/mol. The van der Waals surface area contributed by atoms with Crippen molar-refractivity contribution in [3.05, 3.63) is 23.5 Å². The average Bonchev–Trinajstić information content (AvgIpc) is 2.97. The molecule has 1 amide bonds. The minimum absolute atomic E-state index is 0.132. The van der Waals surface area contributed by atoms with Crippen molar-refractivity contribution in [2.75, 3.05) is 5.43 Å². The summed E-state index contributed by atoms with van der Waals surface area (Å²) in [5.74, 6) is 0.132. The summed E-state index contributed by atoms with van der Waals surface area (Å²) in [4.78, 5) is 12.0. The molecule has 0 aliphatic rings. The summed E-state index contributed by atoms with van der Waals surface area (Å²) in [6.45, 7) is 6.31. The Hall–Kier alpha value is -1.25. The Morgan fingerprint density at radius 3 is 1.48 bits per heavy atom. The van der Waals surface area contributed by atoms with E-state index in [2.05, 4.69) is 12.3 Å². The van der Waals surface area contributed by atoms with E-state index < -0.39 is 0 Å². The Balaban J connectivity index is 1.83. The molecule has 0 atom stereocenters. The van der Waals surface area contributed by atoms with Crippen LogP contribution < -0.4 is 5.43 Å². The molecule has 0 spiro atoms. The fraction of sp³-hybridized carbons (Fsp3) is 0.792. The number of carbonyl (C=O) groups excluding carboxylic acids is 1. The Morgan fingerprint density at radius 1 is 0.704 bits per heavy atom. The average molecular weight is 377 g/mol. The minimum atomic E-state index is 0.132. The maximum absolute atomic E-state index is 12.0. The van der Waals surface area contributed by atoms with Gasteiger partial charge in [0.2, 0.25) is 5.91 Å². The molecule has 0 saturated heterocycles. The van der Waals surface area contributed by atoms with Gasteiger partial charge in [0.15, 0.2) is 0 Å². The zero-order chi connectivity index (χ0) is 19.7. The topological polar surface area (TPSA) is 34.0 Å². The van der Waals surface area contributed by atoms with Crippen molar-refractivity contribution in [3.63, 3.8) is 0 Å². The molecule has 0 aliphatic heterocycles. The first-order valence-electron chi connectivity index (χ1n) is 11.6. The van der Waals surface area contributed by atoms with Crippen LogP contribution in [0.3, 0.4) is 0 Å². The van der Waals surface area contributed by atoms with Gasteiger partial charge in [-0.05, 0) is 32.4 Å². The molecule has 0 aliphatic carbocycles. The van der Waals surface area contributed by atoms with Crippen LogP contribution in [0.2, 0.25) is 0 Å². The monoisotopic (exact) mass is 376 g/mol. The fourth-order valence-electron chi connectivity index (χ4n) is 3.68. The predicted octanol–water partition coefficient (Wildman–Crippen LogP) is 7.44. The van der Waals surface area contributed by atoms with E-state index >= 15 is 0 Å². The van der Waals surface area contributed by atoms with Gasteiger partial charge in [0, 0.05) is 17.8 Å². The van der Waals surface area contributed by atoms with Gasteiger partial charge in [0.25, 0.3) is 0 Å². The molecule has 0 unspecified atom stereocenters. The number of amides is 1. The van der Waals surface area contributed by atoms with Gasteiger partial charge in [0.05, 0.1) is 0 Å². The SMILES string of the molecule is CCCCCCCCCCCCCCCCCC(=O)Nn1c(C)ccc1C. The van der Waals surface area contributed by atoms with Crippen LogP contribution in [0.25, 0.3) is 0 Å². The lowest BCUT2D eigenvalue weighted by Crippen LogP contribution is -2.24. The Labute approximate surface area is 168 Å². The third kappa shape index (κ3) is 11.9. The molecule has 1 aromatic heterocycles. The molecule has 1 N–H and O–H groups in total. The number of carbonyl (C=O) groups is 1. The molecule has 156 valence electrons. The Bertz CT molecular complexity index is 473. The second-order valence-electron chi connectivity index (χ2n) is 8.19. The van der Waals surface area contributed by atoms with Crippen molar-refractivity contribution >= 4 is 5.91 Å². The van der Waals surface area contributed by atoms with Crippen LogP contribution in [0, 0.1) is 13.8 Å². The van der Waals surface area contributed by atoms with E-state index in [0.717, 1.165) is 17.8 Å². The quantitative estimate of drug-likeness (QED) is 0.282. The third-order valence-corrected chi connectivity index (χ3v) is 5.52. The number of aryl methyl sites for hydroxylation is 2. The van der Waals surface area contributed by atoms with E-state index in [1.165, 1.54) is 89.9 Å². The molecule has 0 saturated carbocycles. The summed E-state index contributed by atoms with van der Waals surface area (Å²) < 4.78 is 1.88. The van der Waals surface area contributed by atoms with Gasteiger partial charge in [-0.2, -0.15) is 0 Å². The molecule has 1 heterocycles. The van der Waals surface area contributed by atoms with E-state index in [0.29, 0.717) is 6.42 Å². The van der Waals surface area contributed by atoms with Crippen molar-refractivity contribution < 1.29 is 4.79 Å². The van der Waals surface area contributed by atoms with Crippen LogP contribution in [0.15, 0.2) is 12.1 Å². The highest BCUT2D eigenvalue weighted by atomic mass is 16.2. The van der Waals surface area contributed by atoms with Gasteiger partial charge in [-0.3, -0.25) is 14.9 Å². The third-order valence-electron chi connectivity index (χ3n) is 5.52. The van der Waals surface area contributed by atoms with E-state index in [9.17, 15) is 4.79 Å². The van der Waals surface area contributed by atoms with Crippen LogP contribution in [0.1, 0.15) is 121 Å². The first kappa shape index (κ1) is 23.8. The summed E-state index contributed by atoms with van der Waals surface area (Å²) >= 11 is 0. The molecule has 0 radical (unpaired) electrons. The van der Waals surface area contributed by atoms with Crippen LogP contribution in [0.4, 0.5) is 0 Å². The smallest absolute Gasteiger partial charge is 0.238 e. The van der Waals surface area contributed by atoms with Crippen molar-refractivity contribution in [1.82, 2.24) is 4.68 Å². The van der Waals surface area contributed by atoms with Crippen LogP contribution >= 0.6 is 0 Å². The number of rotatable bonds is 17. The highest BCUT2D eigenvalue weighted by molar-refractivity contribution is 5.83. The Kier molecular flexibility index (Phi) is 13.9. The zero-order valence-electron chi connectivity index (χ0n) is 18.3. The van der Waals surface area contributed by atoms with Gasteiger partial charge in [-0.15, -0.1) is 0 Å². The lowest BCUT2D eigenvalue weighted by molar-refractivity contribution is -0.117. The first-order chi connectivity index (χ1) is 13.1. The van der Waals surface area contributed by atoms with E-state index in [4.69, 9.17) is 0 Å². The summed E-state index contributed by atoms with van der Waals surface area (Å²) in [5, 5.41) is 0. The standard InChI is InChI=1S/C24H44N2O/c1-4-5-6-7-8-9-10-11-12-13-14-15-16-17-18-19-24(27)25-26-22(2)20-21-23(26)3/h20-21H,4-19H2,1-3H3,(H,25,27). The number of unbranched alkanes of at least 4 members (excludes halogenated alkanes) is 14. The van der Waals surface area contributed by atoms with Crippen LogP contribution in [0.5, 0.6) is 0 Å². The molecule has 0 fully saturated rings. The van der Waals surface area contributed by atoms with Gasteiger partial charge in [-0.25, -0.2) is 0 Å². The van der Waals surface area contributed by atoms with Crippen LogP contribution in [-0.2, 0) is 4.79 Å². The lowest BCUT2D eigenvalue weighted by Gasteiger charge is -2.11. The minimum Gasteiger partial charge on any atom is -0.273 e. The second-order valence-corrected chi connectivity index (χ2v) is 8.19. The van der Waals surface area contributed by atoms with Gasteiger partial charge in [0.1, 0.15) is 0 Å². The van der Waals surface area contributed by atoms with Crippen molar-refractivity contribution in [2.24, 2.45) is 0 Å². The highest BCUT2D eigenvalue weighted by Crippen LogP contribution is 2.14. The van der Waals surface area contributed by atoms with Gasteiger partial charge in [-0.1, -0.05) is 96.8 Å². The number of hydrogen-bond donors (Lipinski definition) is 1. The van der Waals surface area contributed by atoms with Crippen LogP contribution in [-0.4, -0.2) is 10.6 Å². The normalized spacial score (nSPS) is 11.1. The molecule has 0 bridgehead atoms. The zero-order valence-corrected chi connectivity index (χ0v) is 18.3. The maximum Gasteiger partial charge on any atom is 0.238 e. The number of nitrogens with zero attached hydrogens (tertiary/aromatic N) is 1. The molecule has 1 aromatic rings. The summed E-state index contributed by atoms with van der Waals surface area (Å²) in [5.41, 5.74) is 5.15. The molecule has 0 aromatic carbocycles. The van der Waals surface area contributed by atoms with Gasteiger partial charge < -0.3 is 0 Å². The van der Waals surface area contributed by atoms with E-state index in [1.54, 1.807) is 0 Å². The summed E-state index contributed by atoms with van der Waals surface area (Å²) in [6, 6.07) is 4.06. The molecule has 3 nitrogen and oxygen atoms in total. The second kappa shape index (κ2) is 15.8. The van der Waals surface area contributed by atoms with Gasteiger partial charge >= 0.3 is 0 Å². The fourth-order valence-corrected chi connectivity index (χ4v) is 3.68. The molecule has 3 heteroatoms. The number of hydrogen-bond acceptors (Lipinski definition) is 1. The molecule has 1 rings (SSSR count). The number of aromatic nitrogens is 1. The summed E-state index contributed by atoms with van der Waals surface area (Å²) in [6.07, 6.45) is 20.9. The van der Waals surface area contributed by atoms with Crippen molar-refractivity contribution in [2.45, 2.75) is 124 Å². The molecule has 27 heavy (non-hydrogen) atoms. The maximum atomic E-state index is 12.0. The number of nitrogens with one attached hydrogen (secondary N) is 1. The predicted molar refractivity (Wildman–Crippen MR) is 118 cm³/mol. The molecular formula is C24H44N2O. The lowest BCUT2D eigenvalue weighted by atomic mass is 10.0. The first-order valence-corrected chi connectivity index (χ1v) is 11.6. The Morgan fingerprint density at radius 2 is 1.07 bits per heavy atom. The van der Waals surface area contributed by atoms with E-state index in [-0.39, 0.29) is 5.91 Å². The highest BCUT2D eigenvalue weighted by Gasteiger charge is 2.05.